The van der Waals surface area contributed by atoms with Crippen LogP contribution in [0, 0.1) is 10.1 Å². The Kier molecular flexibility index (Phi) is 5.00. The Hall–Kier alpha value is -3.26. The van der Waals surface area contributed by atoms with Gasteiger partial charge in [0.2, 0.25) is 0 Å². The van der Waals surface area contributed by atoms with Crippen molar-refractivity contribution in [1.29, 1.82) is 0 Å². The van der Waals surface area contributed by atoms with Crippen molar-refractivity contribution in [3.8, 4) is 5.82 Å². The topological polar surface area (TPSA) is 97.9 Å². The second-order valence-corrected chi connectivity index (χ2v) is 5.46. The molecule has 0 unspecified atom stereocenters. The standard InChI is InChI=1S/C17H18N6O2/c1-18-15-4-2-13(8-16(15)23(24)25)9-20-10-14-3-5-17(21-11-14)22-7-6-19-12-22/h2-8,11-12,18,20H,9-10H2,1H3. The van der Waals surface area contributed by atoms with E-state index in [1.54, 1.807) is 37.9 Å². The number of rotatable bonds is 7. The molecule has 0 aliphatic heterocycles. The highest BCUT2D eigenvalue weighted by Gasteiger charge is 2.13. The Bertz CT molecular complexity index is 846. The third-order valence-electron chi connectivity index (χ3n) is 3.76. The van der Waals surface area contributed by atoms with Gasteiger partial charge in [-0.05, 0) is 23.3 Å². The van der Waals surface area contributed by atoms with Crippen LogP contribution in [0.5, 0.6) is 0 Å². The van der Waals surface area contributed by atoms with E-state index in [0.29, 0.717) is 18.8 Å². The second kappa shape index (κ2) is 7.54. The molecular weight excluding hydrogens is 320 g/mol. The summed E-state index contributed by atoms with van der Waals surface area (Å²) >= 11 is 0. The van der Waals surface area contributed by atoms with E-state index in [-0.39, 0.29) is 10.6 Å². The number of benzene rings is 1. The molecule has 25 heavy (non-hydrogen) atoms. The van der Waals surface area contributed by atoms with Crippen LogP contribution in [0.1, 0.15) is 11.1 Å². The molecule has 2 aromatic heterocycles. The Balaban J connectivity index is 1.59. The predicted molar refractivity (Wildman–Crippen MR) is 94.5 cm³/mol. The van der Waals surface area contributed by atoms with E-state index >= 15 is 0 Å². The normalized spacial score (nSPS) is 10.6. The molecule has 0 aliphatic rings. The molecule has 128 valence electrons. The van der Waals surface area contributed by atoms with Gasteiger partial charge in [-0.2, -0.15) is 0 Å². The summed E-state index contributed by atoms with van der Waals surface area (Å²) in [6.45, 7) is 1.16. The van der Waals surface area contributed by atoms with Gasteiger partial charge in [0, 0.05) is 44.8 Å². The Morgan fingerprint density at radius 2 is 2.00 bits per heavy atom. The number of nitro groups is 1. The van der Waals surface area contributed by atoms with Crippen molar-refractivity contribution in [3.05, 3.63) is 76.5 Å². The third-order valence-corrected chi connectivity index (χ3v) is 3.76. The van der Waals surface area contributed by atoms with Crippen molar-refractivity contribution < 1.29 is 4.92 Å². The SMILES string of the molecule is CNc1ccc(CNCc2ccc(-n3ccnc3)nc2)cc1[N+](=O)[O-]. The number of imidazole rings is 1. The number of hydrogen-bond acceptors (Lipinski definition) is 6. The van der Waals surface area contributed by atoms with Gasteiger partial charge in [0.25, 0.3) is 5.69 Å². The molecule has 0 saturated heterocycles. The molecular formula is C17H18N6O2. The molecule has 8 nitrogen and oxygen atoms in total. The fourth-order valence-electron chi connectivity index (χ4n) is 2.47. The second-order valence-electron chi connectivity index (χ2n) is 5.46. The summed E-state index contributed by atoms with van der Waals surface area (Å²) in [4.78, 5) is 19.1. The van der Waals surface area contributed by atoms with Crippen molar-refractivity contribution in [3.63, 3.8) is 0 Å². The maximum atomic E-state index is 11.1. The van der Waals surface area contributed by atoms with Gasteiger partial charge in [-0.25, -0.2) is 9.97 Å². The van der Waals surface area contributed by atoms with E-state index in [0.717, 1.165) is 16.9 Å². The highest BCUT2D eigenvalue weighted by Crippen LogP contribution is 2.24. The van der Waals surface area contributed by atoms with E-state index in [2.05, 4.69) is 20.6 Å². The molecule has 0 spiro atoms. The zero-order valence-corrected chi connectivity index (χ0v) is 13.7. The van der Waals surface area contributed by atoms with Gasteiger partial charge in [0.1, 0.15) is 17.8 Å². The Labute approximate surface area is 144 Å². The molecule has 3 aromatic rings. The lowest BCUT2D eigenvalue weighted by atomic mass is 10.1. The largest absolute Gasteiger partial charge is 0.383 e. The van der Waals surface area contributed by atoms with Gasteiger partial charge in [0.05, 0.1) is 4.92 Å². The number of pyridine rings is 1. The minimum Gasteiger partial charge on any atom is -0.383 e. The molecule has 3 rings (SSSR count). The van der Waals surface area contributed by atoms with Crippen molar-refractivity contribution in [2.75, 3.05) is 12.4 Å². The summed E-state index contributed by atoms with van der Waals surface area (Å²) in [7, 11) is 1.67. The number of aromatic nitrogens is 3. The van der Waals surface area contributed by atoms with Crippen molar-refractivity contribution in [2.24, 2.45) is 0 Å². The fraction of sp³-hybridized carbons (Fsp3) is 0.176. The highest BCUT2D eigenvalue weighted by molar-refractivity contribution is 5.62. The van der Waals surface area contributed by atoms with Gasteiger partial charge in [-0.3, -0.25) is 14.7 Å². The van der Waals surface area contributed by atoms with Crippen LogP contribution in [0.15, 0.2) is 55.2 Å². The summed E-state index contributed by atoms with van der Waals surface area (Å²) in [5, 5.41) is 17.2. The lowest BCUT2D eigenvalue weighted by Gasteiger charge is -2.08. The summed E-state index contributed by atoms with van der Waals surface area (Å²) in [6, 6.07) is 9.08. The van der Waals surface area contributed by atoms with Crippen molar-refractivity contribution in [1.82, 2.24) is 19.9 Å². The average Bonchev–Trinajstić information content (AvgIpc) is 3.17. The van der Waals surface area contributed by atoms with Crippen molar-refractivity contribution in [2.45, 2.75) is 13.1 Å². The van der Waals surface area contributed by atoms with Crippen LogP contribution >= 0.6 is 0 Å². The minimum atomic E-state index is -0.381. The quantitative estimate of drug-likeness (QED) is 0.507. The van der Waals surface area contributed by atoms with Crippen LogP contribution in [0.2, 0.25) is 0 Å². The Morgan fingerprint density at radius 1 is 1.20 bits per heavy atom. The summed E-state index contributed by atoms with van der Waals surface area (Å²) in [5.74, 6) is 0.805. The lowest BCUT2D eigenvalue weighted by Crippen LogP contribution is -2.13. The van der Waals surface area contributed by atoms with Gasteiger partial charge < -0.3 is 10.6 Å². The molecule has 0 aliphatic carbocycles. The predicted octanol–water partition coefficient (Wildman–Crippen LogP) is 2.51. The first-order valence-electron chi connectivity index (χ1n) is 7.76. The molecule has 2 heterocycles. The van der Waals surface area contributed by atoms with Crippen LogP contribution < -0.4 is 10.6 Å². The summed E-state index contributed by atoms with van der Waals surface area (Å²) in [6.07, 6.45) is 7.04. The van der Waals surface area contributed by atoms with Crippen molar-refractivity contribution >= 4 is 11.4 Å². The van der Waals surface area contributed by atoms with E-state index in [9.17, 15) is 10.1 Å². The van der Waals surface area contributed by atoms with Crippen LogP contribution in [0.3, 0.4) is 0 Å². The number of nitrogens with one attached hydrogen (secondary N) is 2. The number of anilines is 1. The third kappa shape index (κ3) is 3.99. The maximum absolute atomic E-state index is 11.1. The monoisotopic (exact) mass is 338 g/mol. The van der Waals surface area contributed by atoms with Crippen LogP contribution in [0.25, 0.3) is 5.82 Å². The van der Waals surface area contributed by atoms with E-state index in [4.69, 9.17) is 0 Å². The molecule has 0 saturated carbocycles. The van der Waals surface area contributed by atoms with Gasteiger partial charge in [0.15, 0.2) is 0 Å². The molecule has 0 radical (unpaired) electrons. The number of hydrogen-bond donors (Lipinski definition) is 2. The van der Waals surface area contributed by atoms with Gasteiger partial charge >= 0.3 is 0 Å². The molecule has 8 heteroatoms. The summed E-state index contributed by atoms with van der Waals surface area (Å²) in [5.41, 5.74) is 2.47. The average molecular weight is 338 g/mol. The van der Waals surface area contributed by atoms with Crippen LogP contribution in [-0.2, 0) is 13.1 Å². The maximum Gasteiger partial charge on any atom is 0.292 e. The molecule has 2 N–H and O–H groups in total. The zero-order chi connectivity index (χ0) is 17.6. The fourth-order valence-corrected chi connectivity index (χ4v) is 2.47. The van der Waals surface area contributed by atoms with Crippen LogP contribution in [-0.4, -0.2) is 26.5 Å². The minimum absolute atomic E-state index is 0.0770. The van der Waals surface area contributed by atoms with Crippen LogP contribution in [0.4, 0.5) is 11.4 Å². The number of nitrogens with zero attached hydrogens (tertiary/aromatic N) is 4. The molecule has 0 bridgehead atoms. The first-order valence-corrected chi connectivity index (χ1v) is 7.76. The lowest BCUT2D eigenvalue weighted by molar-refractivity contribution is -0.384. The molecule has 0 atom stereocenters. The smallest absolute Gasteiger partial charge is 0.292 e. The first-order chi connectivity index (χ1) is 12.2. The highest BCUT2D eigenvalue weighted by atomic mass is 16.6. The van der Waals surface area contributed by atoms with Gasteiger partial charge in [-0.15, -0.1) is 0 Å². The molecule has 0 fully saturated rings. The zero-order valence-electron chi connectivity index (χ0n) is 13.7. The summed E-state index contributed by atoms with van der Waals surface area (Å²) < 4.78 is 1.83. The molecule has 1 aromatic carbocycles. The van der Waals surface area contributed by atoms with E-state index in [1.807, 2.05) is 29.0 Å². The number of nitro benzene ring substituents is 1. The van der Waals surface area contributed by atoms with Gasteiger partial charge in [-0.1, -0.05) is 12.1 Å². The molecule has 0 amide bonds. The first kappa shape index (κ1) is 16.6. The van der Waals surface area contributed by atoms with E-state index in [1.165, 1.54) is 0 Å². The van der Waals surface area contributed by atoms with E-state index < -0.39 is 0 Å². The Morgan fingerprint density at radius 3 is 2.64 bits per heavy atom.